The second-order valence-corrected chi connectivity index (χ2v) is 7.82. The van der Waals surface area contributed by atoms with Crippen molar-refractivity contribution in [3.05, 3.63) is 68.7 Å². The van der Waals surface area contributed by atoms with E-state index in [0.29, 0.717) is 16.6 Å². The SMILES string of the molecule is COc1ccc(CSC2=NC(c3cccc([N+](=O)[O-])c3Cl)C(C(=O)O)C(C)=N2)cc1. The molecule has 1 N–H and O–H groups in total. The topological polar surface area (TPSA) is 114 Å². The van der Waals surface area contributed by atoms with E-state index < -0.39 is 22.9 Å². The molecule has 0 aliphatic carbocycles. The van der Waals surface area contributed by atoms with Gasteiger partial charge in [0.05, 0.1) is 18.1 Å². The molecular formula is C20H18ClN3O5S. The molecule has 0 aromatic heterocycles. The third-order valence-electron chi connectivity index (χ3n) is 4.60. The second-order valence-electron chi connectivity index (χ2n) is 6.50. The van der Waals surface area contributed by atoms with Crippen molar-refractivity contribution < 1.29 is 19.6 Å². The van der Waals surface area contributed by atoms with E-state index in [4.69, 9.17) is 16.3 Å². The van der Waals surface area contributed by atoms with Crippen LogP contribution < -0.4 is 4.74 Å². The van der Waals surface area contributed by atoms with E-state index in [2.05, 4.69) is 9.98 Å². The quantitative estimate of drug-likeness (QED) is 0.504. The molecule has 3 rings (SSSR count). The highest BCUT2D eigenvalue weighted by Gasteiger charge is 2.37. The summed E-state index contributed by atoms with van der Waals surface area (Å²) in [4.78, 5) is 31.4. The zero-order valence-electron chi connectivity index (χ0n) is 16.1. The lowest BCUT2D eigenvalue weighted by Gasteiger charge is -2.26. The summed E-state index contributed by atoms with van der Waals surface area (Å²) in [6.07, 6.45) is 0. The van der Waals surface area contributed by atoms with Crippen LogP contribution in [0.3, 0.4) is 0 Å². The smallest absolute Gasteiger partial charge is 0.314 e. The number of nitro groups is 1. The Kier molecular flexibility index (Phi) is 6.73. The van der Waals surface area contributed by atoms with E-state index in [9.17, 15) is 20.0 Å². The number of benzene rings is 2. The molecular weight excluding hydrogens is 430 g/mol. The molecule has 1 aliphatic rings. The fraction of sp³-hybridized carbons (Fsp3) is 0.250. The summed E-state index contributed by atoms with van der Waals surface area (Å²) < 4.78 is 5.14. The maximum absolute atomic E-state index is 11.9. The molecule has 10 heteroatoms. The number of carboxylic acid groups (broad SMARTS) is 1. The summed E-state index contributed by atoms with van der Waals surface area (Å²) in [5.41, 5.74) is 1.38. The number of aliphatic imine (C=N–C) groups is 2. The Labute approximate surface area is 181 Å². The van der Waals surface area contributed by atoms with Gasteiger partial charge >= 0.3 is 5.97 Å². The number of carboxylic acids is 1. The molecule has 2 unspecified atom stereocenters. The molecule has 0 radical (unpaired) electrons. The van der Waals surface area contributed by atoms with Gasteiger partial charge in [0.2, 0.25) is 0 Å². The Morgan fingerprint density at radius 2 is 2.00 bits per heavy atom. The Morgan fingerprint density at radius 1 is 1.30 bits per heavy atom. The van der Waals surface area contributed by atoms with Crippen LogP contribution in [0.4, 0.5) is 5.69 Å². The largest absolute Gasteiger partial charge is 0.497 e. The number of ether oxygens (including phenoxy) is 1. The van der Waals surface area contributed by atoms with Gasteiger partial charge in [0.25, 0.3) is 5.69 Å². The predicted octanol–water partition coefficient (Wildman–Crippen LogP) is 4.76. The van der Waals surface area contributed by atoms with Crippen LogP contribution >= 0.6 is 23.4 Å². The maximum Gasteiger partial charge on any atom is 0.314 e. The third-order valence-corrected chi connectivity index (χ3v) is 5.95. The van der Waals surface area contributed by atoms with Crippen molar-refractivity contribution in [2.24, 2.45) is 15.9 Å². The number of nitrogens with zero attached hydrogens (tertiary/aromatic N) is 3. The fourth-order valence-electron chi connectivity index (χ4n) is 3.08. The lowest BCUT2D eigenvalue weighted by Crippen LogP contribution is -2.31. The minimum atomic E-state index is -1.12. The van der Waals surface area contributed by atoms with Gasteiger partial charge in [0.15, 0.2) is 5.17 Å². The average molecular weight is 448 g/mol. The minimum Gasteiger partial charge on any atom is -0.497 e. The van der Waals surface area contributed by atoms with Crippen LogP contribution in [0.25, 0.3) is 0 Å². The summed E-state index contributed by atoms with van der Waals surface area (Å²) in [7, 11) is 1.59. The van der Waals surface area contributed by atoms with E-state index in [0.717, 1.165) is 11.3 Å². The van der Waals surface area contributed by atoms with Crippen molar-refractivity contribution in [1.29, 1.82) is 0 Å². The van der Waals surface area contributed by atoms with E-state index in [-0.39, 0.29) is 16.3 Å². The van der Waals surface area contributed by atoms with Crippen molar-refractivity contribution in [2.75, 3.05) is 7.11 Å². The normalized spacial score (nSPS) is 18.4. The summed E-state index contributed by atoms with van der Waals surface area (Å²) in [5.74, 6) is -0.869. The number of nitro benzene ring substituents is 1. The Morgan fingerprint density at radius 3 is 2.60 bits per heavy atom. The van der Waals surface area contributed by atoms with Gasteiger partial charge in [0.1, 0.15) is 16.7 Å². The Balaban J connectivity index is 1.92. The highest BCUT2D eigenvalue weighted by atomic mass is 35.5. The monoisotopic (exact) mass is 447 g/mol. The highest BCUT2D eigenvalue weighted by molar-refractivity contribution is 8.13. The molecule has 0 bridgehead atoms. The molecule has 0 fully saturated rings. The molecule has 0 saturated heterocycles. The van der Waals surface area contributed by atoms with Gasteiger partial charge in [-0.25, -0.2) is 4.99 Å². The van der Waals surface area contributed by atoms with E-state index >= 15 is 0 Å². The second kappa shape index (κ2) is 9.27. The van der Waals surface area contributed by atoms with Gasteiger partial charge in [-0.1, -0.05) is 47.6 Å². The molecule has 30 heavy (non-hydrogen) atoms. The first kappa shape index (κ1) is 21.8. The van der Waals surface area contributed by atoms with Crippen molar-refractivity contribution in [3.63, 3.8) is 0 Å². The molecule has 1 heterocycles. The lowest BCUT2D eigenvalue weighted by atomic mass is 9.89. The molecule has 1 aliphatic heterocycles. The summed E-state index contributed by atoms with van der Waals surface area (Å²) in [6.45, 7) is 1.61. The number of carbonyl (C=O) groups is 1. The van der Waals surface area contributed by atoms with Crippen molar-refractivity contribution >= 4 is 45.9 Å². The van der Waals surface area contributed by atoms with Crippen LogP contribution in [0, 0.1) is 16.0 Å². The Hall–Kier alpha value is -2.91. The number of rotatable bonds is 6. The van der Waals surface area contributed by atoms with E-state index in [1.807, 2.05) is 24.3 Å². The first-order chi connectivity index (χ1) is 14.3. The minimum absolute atomic E-state index is 0.114. The molecule has 0 spiro atoms. The molecule has 2 aromatic carbocycles. The number of hydrogen-bond acceptors (Lipinski definition) is 7. The van der Waals surface area contributed by atoms with Crippen molar-refractivity contribution in [2.45, 2.75) is 18.7 Å². The Bertz CT molecular complexity index is 1040. The number of thioether (sulfide) groups is 1. The van der Waals surface area contributed by atoms with Gasteiger partial charge in [-0.2, -0.15) is 0 Å². The first-order valence-electron chi connectivity index (χ1n) is 8.86. The van der Waals surface area contributed by atoms with Crippen LogP contribution in [-0.2, 0) is 10.5 Å². The van der Waals surface area contributed by atoms with Crippen LogP contribution in [0.15, 0.2) is 52.4 Å². The lowest BCUT2D eigenvalue weighted by molar-refractivity contribution is -0.384. The summed E-state index contributed by atoms with van der Waals surface area (Å²) in [6, 6.07) is 10.9. The van der Waals surface area contributed by atoms with Gasteiger partial charge in [0, 0.05) is 23.1 Å². The molecule has 8 nitrogen and oxygen atoms in total. The molecule has 156 valence electrons. The van der Waals surface area contributed by atoms with Crippen LogP contribution in [0.5, 0.6) is 5.75 Å². The third kappa shape index (κ3) is 4.63. The number of methoxy groups -OCH3 is 1. The van der Waals surface area contributed by atoms with Gasteiger partial charge < -0.3 is 9.84 Å². The zero-order chi connectivity index (χ0) is 21.8. The summed E-state index contributed by atoms with van der Waals surface area (Å²) in [5, 5.41) is 21.2. The van der Waals surface area contributed by atoms with E-state index in [1.165, 1.54) is 23.9 Å². The number of hydrogen-bond donors (Lipinski definition) is 1. The number of amidine groups is 1. The standard InChI is InChI=1S/C20H18ClN3O5S/c1-11-16(19(25)26)18(14-4-3-5-15(17(14)21)24(27)28)23-20(22-11)30-10-12-6-8-13(29-2)9-7-12/h3-9,16,18H,10H2,1-2H3,(H,25,26). The van der Waals surface area contributed by atoms with Crippen molar-refractivity contribution in [1.82, 2.24) is 0 Å². The molecule has 2 atom stereocenters. The van der Waals surface area contributed by atoms with Gasteiger partial charge in [-0.3, -0.25) is 19.9 Å². The van der Waals surface area contributed by atoms with Gasteiger partial charge in [-0.05, 0) is 24.6 Å². The van der Waals surface area contributed by atoms with Crippen LogP contribution in [-0.4, -0.2) is 34.0 Å². The van der Waals surface area contributed by atoms with Gasteiger partial charge in [-0.15, -0.1) is 0 Å². The summed E-state index contributed by atoms with van der Waals surface area (Å²) >= 11 is 7.59. The number of halogens is 1. The van der Waals surface area contributed by atoms with Crippen LogP contribution in [0.2, 0.25) is 5.02 Å². The van der Waals surface area contributed by atoms with Crippen LogP contribution in [0.1, 0.15) is 24.1 Å². The van der Waals surface area contributed by atoms with Crippen molar-refractivity contribution in [3.8, 4) is 5.75 Å². The van der Waals surface area contributed by atoms with E-state index in [1.54, 1.807) is 20.1 Å². The highest BCUT2D eigenvalue weighted by Crippen LogP contribution is 2.40. The number of aliphatic carboxylic acids is 1. The zero-order valence-corrected chi connectivity index (χ0v) is 17.7. The average Bonchev–Trinajstić information content (AvgIpc) is 2.71. The molecule has 2 aromatic rings. The maximum atomic E-state index is 11.9. The predicted molar refractivity (Wildman–Crippen MR) is 117 cm³/mol. The fourth-order valence-corrected chi connectivity index (χ4v) is 4.27. The molecule has 0 saturated carbocycles. The molecule has 0 amide bonds. The first-order valence-corrected chi connectivity index (χ1v) is 10.2.